The number of hydrogen-bond acceptors (Lipinski definition) is 1. The van der Waals surface area contributed by atoms with Gasteiger partial charge in [-0.15, -0.1) is 0 Å². The van der Waals surface area contributed by atoms with Crippen molar-refractivity contribution in [3.63, 3.8) is 0 Å². The molecule has 0 atom stereocenters. The molecular formula is C8H14N2. The molecular weight excluding hydrogens is 124 g/mol. The van der Waals surface area contributed by atoms with Gasteiger partial charge in [0.25, 0.3) is 0 Å². The van der Waals surface area contributed by atoms with E-state index in [-0.39, 0.29) is 0 Å². The Morgan fingerprint density at radius 1 is 1.50 bits per heavy atom. The van der Waals surface area contributed by atoms with Gasteiger partial charge in [-0.3, -0.25) is 0 Å². The van der Waals surface area contributed by atoms with Gasteiger partial charge in [-0.05, 0) is 12.0 Å². The molecule has 0 bridgehead atoms. The number of rotatable bonds is 2. The second-order valence-corrected chi connectivity index (χ2v) is 2.65. The van der Waals surface area contributed by atoms with Crippen molar-refractivity contribution in [1.82, 2.24) is 4.57 Å². The van der Waals surface area contributed by atoms with Crippen LogP contribution in [0.4, 0.5) is 5.69 Å². The molecule has 0 spiro atoms. The molecule has 1 rings (SSSR count). The normalized spacial score (nSPS) is 10.2. The van der Waals surface area contributed by atoms with E-state index in [1.807, 2.05) is 17.8 Å². The quantitative estimate of drug-likeness (QED) is 0.660. The zero-order valence-electron chi connectivity index (χ0n) is 6.59. The molecule has 10 heavy (non-hydrogen) atoms. The lowest BCUT2D eigenvalue weighted by atomic mass is 10.2. The summed E-state index contributed by atoms with van der Waals surface area (Å²) in [6.07, 6.45) is 6.28. The van der Waals surface area contributed by atoms with E-state index in [1.165, 1.54) is 5.56 Å². The third kappa shape index (κ3) is 1.32. The van der Waals surface area contributed by atoms with E-state index in [4.69, 9.17) is 5.73 Å². The lowest BCUT2D eigenvalue weighted by Crippen LogP contribution is -1.87. The largest absolute Gasteiger partial charge is 0.397 e. The number of nitrogens with two attached hydrogens (primary N) is 1. The van der Waals surface area contributed by atoms with Crippen LogP contribution in [0.3, 0.4) is 0 Å². The van der Waals surface area contributed by atoms with Crippen LogP contribution in [0.2, 0.25) is 0 Å². The number of aromatic nitrogens is 1. The van der Waals surface area contributed by atoms with Crippen molar-refractivity contribution < 1.29 is 0 Å². The first-order valence-electron chi connectivity index (χ1n) is 3.64. The maximum atomic E-state index is 5.71. The summed E-state index contributed by atoms with van der Waals surface area (Å²) in [7, 11) is 2.00. The summed E-state index contributed by atoms with van der Waals surface area (Å²) in [6, 6.07) is 0. The van der Waals surface area contributed by atoms with Gasteiger partial charge in [-0.2, -0.15) is 0 Å². The number of nitrogens with zero attached hydrogens (tertiary/aromatic N) is 1. The minimum Gasteiger partial charge on any atom is -0.397 e. The van der Waals surface area contributed by atoms with E-state index in [1.54, 1.807) is 0 Å². The van der Waals surface area contributed by atoms with E-state index >= 15 is 0 Å². The van der Waals surface area contributed by atoms with Gasteiger partial charge in [-0.25, -0.2) is 0 Å². The highest BCUT2D eigenvalue weighted by Crippen LogP contribution is 2.13. The smallest absolute Gasteiger partial charge is 0.0526 e. The SMILES string of the molecule is CCCc1cn(C)cc1N. The van der Waals surface area contributed by atoms with E-state index in [2.05, 4.69) is 13.1 Å². The lowest BCUT2D eigenvalue weighted by molar-refractivity contribution is 0.890. The van der Waals surface area contributed by atoms with E-state index in [0.717, 1.165) is 18.5 Å². The molecule has 56 valence electrons. The van der Waals surface area contributed by atoms with Crippen molar-refractivity contribution in [1.29, 1.82) is 0 Å². The van der Waals surface area contributed by atoms with Gasteiger partial charge in [0.1, 0.15) is 0 Å². The molecule has 1 heterocycles. The first-order chi connectivity index (χ1) is 4.74. The maximum absolute atomic E-state index is 5.71. The van der Waals surface area contributed by atoms with Crippen LogP contribution < -0.4 is 5.73 Å². The standard InChI is InChI=1S/C8H14N2/c1-3-4-7-5-10(2)6-8(7)9/h5-6H,3-4,9H2,1-2H3. The second kappa shape index (κ2) is 2.78. The Morgan fingerprint density at radius 3 is 2.60 bits per heavy atom. The lowest BCUT2D eigenvalue weighted by Gasteiger charge is -1.92. The summed E-state index contributed by atoms with van der Waals surface area (Å²) < 4.78 is 2.00. The third-order valence-electron chi connectivity index (χ3n) is 1.59. The van der Waals surface area contributed by atoms with Crippen molar-refractivity contribution in [2.24, 2.45) is 7.05 Å². The average molecular weight is 138 g/mol. The summed E-state index contributed by atoms with van der Waals surface area (Å²) in [4.78, 5) is 0. The first-order valence-corrected chi connectivity index (χ1v) is 3.64. The molecule has 0 aliphatic carbocycles. The molecule has 1 aromatic heterocycles. The van der Waals surface area contributed by atoms with E-state index < -0.39 is 0 Å². The third-order valence-corrected chi connectivity index (χ3v) is 1.59. The zero-order chi connectivity index (χ0) is 7.56. The predicted octanol–water partition coefficient (Wildman–Crippen LogP) is 1.56. The van der Waals surface area contributed by atoms with Crippen molar-refractivity contribution >= 4 is 5.69 Å². The summed E-state index contributed by atoms with van der Waals surface area (Å²) in [6.45, 7) is 2.16. The van der Waals surface area contributed by atoms with Gasteiger partial charge < -0.3 is 10.3 Å². The first kappa shape index (κ1) is 7.19. The fourth-order valence-corrected chi connectivity index (χ4v) is 1.14. The van der Waals surface area contributed by atoms with Crippen LogP contribution in [0.1, 0.15) is 18.9 Å². The van der Waals surface area contributed by atoms with Crippen molar-refractivity contribution in [2.45, 2.75) is 19.8 Å². The number of hydrogen-bond donors (Lipinski definition) is 1. The van der Waals surface area contributed by atoms with Crippen LogP contribution in [0.15, 0.2) is 12.4 Å². The van der Waals surface area contributed by atoms with Crippen molar-refractivity contribution in [2.75, 3.05) is 5.73 Å². The highest BCUT2D eigenvalue weighted by atomic mass is 14.9. The molecule has 0 fully saturated rings. The fraction of sp³-hybridized carbons (Fsp3) is 0.500. The number of nitrogen functional groups attached to an aromatic ring is 1. The van der Waals surface area contributed by atoms with E-state index in [0.29, 0.717) is 0 Å². The Labute approximate surface area is 61.7 Å². The van der Waals surface area contributed by atoms with E-state index in [9.17, 15) is 0 Å². The van der Waals surface area contributed by atoms with Gasteiger partial charge >= 0.3 is 0 Å². The van der Waals surface area contributed by atoms with Crippen LogP contribution in [0, 0.1) is 0 Å². The number of aryl methyl sites for hydroxylation is 2. The van der Waals surface area contributed by atoms with Crippen molar-refractivity contribution in [3.8, 4) is 0 Å². The molecule has 0 radical (unpaired) electrons. The second-order valence-electron chi connectivity index (χ2n) is 2.65. The molecule has 2 heteroatoms. The Morgan fingerprint density at radius 2 is 2.20 bits per heavy atom. The van der Waals surface area contributed by atoms with Crippen LogP contribution in [0.25, 0.3) is 0 Å². The average Bonchev–Trinajstić information content (AvgIpc) is 2.13. The summed E-state index contributed by atoms with van der Waals surface area (Å²) in [5.74, 6) is 0. The molecule has 0 unspecified atom stereocenters. The Kier molecular flexibility index (Phi) is 2.00. The molecule has 0 saturated heterocycles. The summed E-state index contributed by atoms with van der Waals surface area (Å²) >= 11 is 0. The predicted molar refractivity (Wildman–Crippen MR) is 43.8 cm³/mol. The zero-order valence-corrected chi connectivity index (χ0v) is 6.59. The molecule has 2 N–H and O–H groups in total. The van der Waals surface area contributed by atoms with Gasteiger partial charge in [0.15, 0.2) is 0 Å². The molecule has 0 saturated carbocycles. The highest BCUT2D eigenvalue weighted by Gasteiger charge is 1.98. The molecule has 0 aliphatic heterocycles. The highest BCUT2D eigenvalue weighted by molar-refractivity contribution is 5.44. The molecule has 0 aromatic carbocycles. The van der Waals surface area contributed by atoms with Gasteiger partial charge in [0, 0.05) is 19.4 Å². The molecule has 1 aromatic rings. The molecule has 0 amide bonds. The van der Waals surface area contributed by atoms with Crippen LogP contribution in [0.5, 0.6) is 0 Å². The van der Waals surface area contributed by atoms with Gasteiger partial charge in [-0.1, -0.05) is 13.3 Å². The Balaban J connectivity index is 2.81. The van der Waals surface area contributed by atoms with Gasteiger partial charge in [0.2, 0.25) is 0 Å². The van der Waals surface area contributed by atoms with Gasteiger partial charge in [0.05, 0.1) is 5.69 Å². The van der Waals surface area contributed by atoms with Crippen molar-refractivity contribution in [3.05, 3.63) is 18.0 Å². The Bertz CT molecular complexity index is 213. The fourth-order valence-electron chi connectivity index (χ4n) is 1.14. The summed E-state index contributed by atoms with van der Waals surface area (Å²) in [5.41, 5.74) is 7.90. The molecule has 2 nitrogen and oxygen atoms in total. The minimum atomic E-state index is 0.921. The Hall–Kier alpha value is -0.920. The van der Waals surface area contributed by atoms with Crippen LogP contribution >= 0.6 is 0 Å². The monoisotopic (exact) mass is 138 g/mol. The minimum absolute atomic E-state index is 0.921. The van der Waals surface area contributed by atoms with Crippen LogP contribution in [-0.2, 0) is 13.5 Å². The number of anilines is 1. The topological polar surface area (TPSA) is 30.9 Å². The molecule has 0 aliphatic rings. The summed E-state index contributed by atoms with van der Waals surface area (Å²) in [5, 5.41) is 0. The van der Waals surface area contributed by atoms with Crippen LogP contribution in [-0.4, -0.2) is 4.57 Å². The maximum Gasteiger partial charge on any atom is 0.0526 e.